The summed E-state index contributed by atoms with van der Waals surface area (Å²) in [4.78, 5) is 19.5. The number of sulfonamides is 1. The van der Waals surface area contributed by atoms with Crippen LogP contribution in [0.4, 0.5) is 15.9 Å². The summed E-state index contributed by atoms with van der Waals surface area (Å²) in [6.07, 6.45) is 2.02. The molecule has 1 aromatic heterocycles. The third-order valence-corrected chi connectivity index (χ3v) is 8.88. The summed E-state index contributed by atoms with van der Waals surface area (Å²) >= 11 is 0. The quantitative estimate of drug-likeness (QED) is 0.551. The molecule has 3 aliphatic rings. The normalized spacial score (nSPS) is 25.7. The first-order chi connectivity index (χ1) is 16.8. The van der Waals surface area contributed by atoms with Crippen molar-refractivity contribution in [1.82, 2.24) is 25.6 Å². The number of piperazine rings is 1. The van der Waals surface area contributed by atoms with Crippen LogP contribution in [0.5, 0.6) is 0 Å². The molecule has 188 valence electrons. The highest BCUT2D eigenvalue weighted by Crippen LogP contribution is 2.32. The van der Waals surface area contributed by atoms with Crippen molar-refractivity contribution in [3.05, 3.63) is 53.5 Å². The minimum Gasteiger partial charge on any atom is -0.354 e. The topological polar surface area (TPSA) is 110 Å². The molecule has 0 saturated carbocycles. The number of aromatic nitrogens is 1. The standard InChI is InChI=1S/C23H30FN7O3S/c1-3-35(33,34)30-11-9-29(10-12-30)19-8-7-16(14-25-19)21-22-18(26-27-21)13-20(32)31(28-22)23-15(2)5-4-6-17(23)24/h4-8,14,18,21-22,26-28H,3,9-13H2,1-2H3. The van der Waals surface area contributed by atoms with Crippen LogP contribution >= 0.6 is 0 Å². The van der Waals surface area contributed by atoms with Crippen LogP contribution in [0.15, 0.2) is 36.5 Å². The predicted molar refractivity (Wildman–Crippen MR) is 130 cm³/mol. The maximum Gasteiger partial charge on any atom is 0.243 e. The summed E-state index contributed by atoms with van der Waals surface area (Å²) in [5.74, 6) is 0.253. The van der Waals surface area contributed by atoms with Gasteiger partial charge >= 0.3 is 0 Å². The fraction of sp³-hybridized carbons (Fsp3) is 0.478. The summed E-state index contributed by atoms with van der Waals surface area (Å²) in [5.41, 5.74) is 11.5. The molecule has 1 aromatic carbocycles. The number of hydrazine groups is 2. The van der Waals surface area contributed by atoms with Gasteiger partial charge in [-0.25, -0.2) is 33.7 Å². The van der Waals surface area contributed by atoms with Gasteiger partial charge in [0.05, 0.1) is 23.5 Å². The van der Waals surface area contributed by atoms with E-state index in [2.05, 4.69) is 26.2 Å². The molecule has 0 radical (unpaired) electrons. The number of carbonyl (C=O) groups is 1. The molecule has 3 unspecified atom stereocenters. The number of hydrogen-bond donors (Lipinski definition) is 3. The van der Waals surface area contributed by atoms with Crippen LogP contribution in [0.2, 0.25) is 0 Å². The number of fused-ring (bicyclic) bond motifs is 1. The number of para-hydroxylation sites is 1. The third-order valence-electron chi connectivity index (χ3n) is 7.00. The Kier molecular flexibility index (Phi) is 6.49. The molecule has 0 spiro atoms. The highest BCUT2D eigenvalue weighted by Gasteiger charge is 2.44. The van der Waals surface area contributed by atoms with Crippen molar-refractivity contribution in [3.8, 4) is 0 Å². The number of anilines is 2. The lowest BCUT2D eigenvalue weighted by atomic mass is 9.94. The molecule has 12 heteroatoms. The van der Waals surface area contributed by atoms with Gasteiger partial charge in [-0.1, -0.05) is 18.2 Å². The molecule has 3 aliphatic heterocycles. The first-order valence-electron chi connectivity index (χ1n) is 11.8. The van der Waals surface area contributed by atoms with Crippen LogP contribution in [-0.2, 0) is 14.8 Å². The van der Waals surface area contributed by atoms with E-state index in [-0.39, 0.29) is 41.9 Å². The number of amides is 1. The number of halogens is 1. The largest absolute Gasteiger partial charge is 0.354 e. The summed E-state index contributed by atoms with van der Waals surface area (Å²) in [6, 6.07) is 8.15. The lowest BCUT2D eigenvalue weighted by Crippen LogP contribution is -2.60. The second-order valence-electron chi connectivity index (χ2n) is 9.10. The molecule has 35 heavy (non-hydrogen) atoms. The van der Waals surface area contributed by atoms with Crippen LogP contribution in [0.25, 0.3) is 0 Å². The maximum atomic E-state index is 14.6. The zero-order chi connectivity index (χ0) is 24.7. The zero-order valence-electron chi connectivity index (χ0n) is 19.7. The van der Waals surface area contributed by atoms with Gasteiger partial charge in [-0.2, -0.15) is 4.31 Å². The summed E-state index contributed by atoms with van der Waals surface area (Å²) in [5, 5.41) is 1.33. The number of nitrogens with one attached hydrogen (secondary N) is 3. The van der Waals surface area contributed by atoms with Crippen molar-refractivity contribution in [1.29, 1.82) is 0 Å². The van der Waals surface area contributed by atoms with Gasteiger partial charge in [-0.05, 0) is 37.1 Å². The van der Waals surface area contributed by atoms with E-state index in [0.29, 0.717) is 31.7 Å². The molecular weight excluding hydrogens is 473 g/mol. The van der Waals surface area contributed by atoms with Gasteiger partial charge in [-0.3, -0.25) is 10.2 Å². The Hall–Kier alpha value is -2.64. The maximum absolute atomic E-state index is 14.6. The molecule has 5 rings (SSSR count). The fourth-order valence-corrected chi connectivity index (χ4v) is 6.07. The summed E-state index contributed by atoms with van der Waals surface area (Å²) in [7, 11) is -3.18. The molecule has 3 atom stereocenters. The molecule has 3 saturated heterocycles. The van der Waals surface area contributed by atoms with Gasteiger partial charge in [0.1, 0.15) is 11.6 Å². The molecule has 2 aromatic rings. The number of aryl methyl sites for hydroxylation is 1. The minimum absolute atomic E-state index is 0.109. The Bertz CT molecular complexity index is 1180. The smallest absolute Gasteiger partial charge is 0.243 e. The van der Waals surface area contributed by atoms with E-state index >= 15 is 0 Å². The molecular formula is C23H30FN7O3S. The van der Waals surface area contributed by atoms with E-state index in [1.54, 1.807) is 32.2 Å². The second-order valence-corrected chi connectivity index (χ2v) is 11.4. The van der Waals surface area contributed by atoms with Crippen molar-refractivity contribution >= 4 is 27.4 Å². The first kappa shape index (κ1) is 24.1. The van der Waals surface area contributed by atoms with Gasteiger partial charge in [0.15, 0.2) is 0 Å². The third kappa shape index (κ3) is 4.52. The first-order valence-corrected chi connectivity index (χ1v) is 13.4. The lowest BCUT2D eigenvalue weighted by Gasteiger charge is -2.37. The van der Waals surface area contributed by atoms with Crippen LogP contribution in [0.1, 0.15) is 30.5 Å². The van der Waals surface area contributed by atoms with E-state index in [0.717, 1.165) is 11.4 Å². The molecule has 3 fully saturated rings. The number of nitrogens with zero attached hydrogens (tertiary/aromatic N) is 4. The minimum atomic E-state index is -3.18. The van der Waals surface area contributed by atoms with Crippen LogP contribution in [0.3, 0.4) is 0 Å². The molecule has 0 bridgehead atoms. The average molecular weight is 504 g/mol. The van der Waals surface area contributed by atoms with E-state index in [4.69, 9.17) is 0 Å². The van der Waals surface area contributed by atoms with Gasteiger partial charge < -0.3 is 4.90 Å². The Morgan fingerprint density at radius 3 is 2.54 bits per heavy atom. The number of hydrogen-bond acceptors (Lipinski definition) is 8. The van der Waals surface area contributed by atoms with Crippen LogP contribution in [0, 0.1) is 12.7 Å². The Balaban J connectivity index is 1.29. The van der Waals surface area contributed by atoms with Crippen molar-refractivity contribution in [2.75, 3.05) is 41.8 Å². The second kappa shape index (κ2) is 9.43. The van der Waals surface area contributed by atoms with Crippen molar-refractivity contribution in [2.24, 2.45) is 0 Å². The highest BCUT2D eigenvalue weighted by atomic mass is 32.2. The fourth-order valence-electron chi connectivity index (χ4n) is 4.98. The molecule has 0 aliphatic carbocycles. The number of carbonyl (C=O) groups excluding carboxylic acids is 1. The number of rotatable bonds is 5. The molecule has 4 heterocycles. The van der Waals surface area contributed by atoms with E-state index < -0.39 is 15.8 Å². The number of benzene rings is 1. The Morgan fingerprint density at radius 1 is 1.11 bits per heavy atom. The number of pyridine rings is 1. The van der Waals surface area contributed by atoms with E-state index in [1.165, 1.54) is 15.4 Å². The van der Waals surface area contributed by atoms with Crippen molar-refractivity contribution < 1.29 is 17.6 Å². The predicted octanol–water partition coefficient (Wildman–Crippen LogP) is 0.828. The van der Waals surface area contributed by atoms with Crippen molar-refractivity contribution in [2.45, 2.75) is 38.4 Å². The van der Waals surface area contributed by atoms with Gasteiger partial charge in [0, 0.05) is 44.8 Å². The van der Waals surface area contributed by atoms with Crippen molar-refractivity contribution in [3.63, 3.8) is 0 Å². The monoisotopic (exact) mass is 503 g/mol. The van der Waals surface area contributed by atoms with E-state index in [9.17, 15) is 17.6 Å². The Morgan fingerprint density at radius 2 is 1.89 bits per heavy atom. The van der Waals surface area contributed by atoms with Gasteiger partial charge in [0.25, 0.3) is 0 Å². The van der Waals surface area contributed by atoms with Gasteiger partial charge in [0.2, 0.25) is 15.9 Å². The molecule has 10 nitrogen and oxygen atoms in total. The zero-order valence-corrected chi connectivity index (χ0v) is 20.6. The lowest BCUT2D eigenvalue weighted by molar-refractivity contribution is -0.121. The van der Waals surface area contributed by atoms with Crippen LogP contribution in [-0.4, -0.2) is 67.6 Å². The average Bonchev–Trinajstić information content (AvgIpc) is 3.26. The highest BCUT2D eigenvalue weighted by molar-refractivity contribution is 7.89. The molecule has 1 amide bonds. The van der Waals surface area contributed by atoms with E-state index in [1.807, 2.05) is 12.1 Å². The molecule has 3 N–H and O–H groups in total. The summed E-state index contributed by atoms with van der Waals surface area (Å²) in [6.45, 7) is 5.50. The van der Waals surface area contributed by atoms with Crippen LogP contribution < -0.4 is 26.2 Å². The Labute approximate surface area is 204 Å². The SMILES string of the molecule is CCS(=O)(=O)N1CCN(c2ccc(C3NNC4CC(=O)N(c5c(C)cccc5F)NC43)cn2)CC1. The summed E-state index contributed by atoms with van der Waals surface area (Å²) < 4.78 is 40.3. The van der Waals surface area contributed by atoms with Gasteiger partial charge in [-0.15, -0.1) is 0 Å².